The van der Waals surface area contributed by atoms with E-state index in [9.17, 15) is 0 Å². The van der Waals surface area contributed by atoms with Gasteiger partial charge in [-0.1, -0.05) is 0 Å². The Morgan fingerprint density at radius 3 is 2.92 bits per heavy atom. The van der Waals surface area contributed by atoms with E-state index in [0.717, 1.165) is 24.7 Å². The first kappa shape index (κ1) is 10.2. The van der Waals surface area contributed by atoms with Gasteiger partial charge in [-0.2, -0.15) is 9.36 Å². The zero-order valence-corrected chi connectivity index (χ0v) is 8.67. The number of methoxy groups -OCH3 is 1. The summed E-state index contributed by atoms with van der Waals surface area (Å²) < 4.78 is 8.85. The quantitative estimate of drug-likeness (QED) is 0.708. The van der Waals surface area contributed by atoms with Crippen LogP contribution in [0.3, 0.4) is 0 Å². The van der Waals surface area contributed by atoms with E-state index < -0.39 is 0 Å². The lowest BCUT2D eigenvalue weighted by molar-refractivity contribution is 0.196. The standard InChI is InChI=1S/C7H14N4OS/c1-11(4-3-5-12-2)7-9-6(8)10-13-7/h3-5H2,1-2H3,(H2,8,10). The summed E-state index contributed by atoms with van der Waals surface area (Å²) in [6.45, 7) is 1.67. The van der Waals surface area contributed by atoms with Gasteiger partial charge in [0, 0.05) is 38.8 Å². The van der Waals surface area contributed by atoms with Crippen LogP contribution in [0, 0.1) is 0 Å². The first-order valence-corrected chi connectivity index (χ1v) is 4.80. The number of hydrogen-bond acceptors (Lipinski definition) is 6. The Labute approximate surface area is 81.7 Å². The maximum atomic E-state index is 5.41. The van der Waals surface area contributed by atoms with Crippen molar-refractivity contribution in [2.75, 3.05) is 37.9 Å². The number of rotatable bonds is 5. The van der Waals surface area contributed by atoms with E-state index in [-0.39, 0.29) is 0 Å². The van der Waals surface area contributed by atoms with Crippen molar-refractivity contribution >= 4 is 22.6 Å². The average molecular weight is 202 g/mol. The number of hydrogen-bond donors (Lipinski definition) is 1. The van der Waals surface area contributed by atoms with Gasteiger partial charge in [-0.15, -0.1) is 0 Å². The lowest BCUT2D eigenvalue weighted by atomic mass is 10.4. The summed E-state index contributed by atoms with van der Waals surface area (Å²) in [7, 11) is 3.67. The SMILES string of the molecule is COCCCN(C)c1nc(N)ns1. The minimum absolute atomic E-state index is 0.346. The summed E-state index contributed by atoms with van der Waals surface area (Å²) in [5, 5.41) is 0.855. The van der Waals surface area contributed by atoms with Crippen molar-refractivity contribution in [1.82, 2.24) is 9.36 Å². The maximum Gasteiger partial charge on any atom is 0.233 e. The normalized spacial score (nSPS) is 10.3. The lowest BCUT2D eigenvalue weighted by Gasteiger charge is -2.13. The van der Waals surface area contributed by atoms with Crippen LogP contribution in [0.5, 0.6) is 0 Å². The summed E-state index contributed by atoms with van der Waals surface area (Å²) in [6.07, 6.45) is 0.979. The van der Waals surface area contributed by atoms with Crippen LogP contribution in [-0.2, 0) is 4.74 Å². The van der Waals surface area contributed by atoms with Crippen molar-refractivity contribution in [3.8, 4) is 0 Å². The molecule has 0 aliphatic heterocycles. The Bertz CT molecular complexity index is 252. The van der Waals surface area contributed by atoms with E-state index in [0.29, 0.717) is 5.95 Å². The molecule has 0 amide bonds. The molecule has 1 rings (SSSR count). The molecule has 0 aliphatic rings. The summed E-state index contributed by atoms with van der Waals surface area (Å²) in [6, 6.07) is 0. The molecule has 0 atom stereocenters. The highest BCUT2D eigenvalue weighted by Crippen LogP contribution is 2.16. The van der Waals surface area contributed by atoms with E-state index in [4.69, 9.17) is 10.5 Å². The van der Waals surface area contributed by atoms with Crippen LogP contribution in [0.25, 0.3) is 0 Å². The van der Waals surface area contributed by atoms with Crippen LogP contribution in [0.4, 0.5) is 11.1 Å². The van der Waals surface area contributed by atoms with E-state index in [1.165, 1.54) is 11.5 Å². The average Bonchev–Trinajstić information content (AvgIpc) is 2.52. The molecular weight excluding hydrogens is 188 g/mol. The predicted molar refractivity (Wildman–Crippen MR) is 54.1 cm³/mol. The first-order valence-electron chi connectivity index (χ1n) is 4.03. The van der Waals surface area contributed by atoms with Gasteiger partial charge in [-0.05, 0) is 6.42 Å². The third kappa shape index (κ3) is 3.16. The largest absolute Gasteiger partial charge is 0.385 e. The Balaban J connectivity index is 2.35. The second kappa shape index (κ2) is 4.98. The Hall–Kier alpha value is -0.880. The van der Waals surface area contributed by atoms with Crippen LogP contribution in [0.1, 0.15) is 6.42 Å². The number of aromatic nitrogens is 2. The Morgan fingerprint density at radius 1 is 1.62 bits per heavy atom. The molecule has 0 saturated heterocycles. The topological polar surface area (TPSA) is 64.3 Å². The van der Waals surface area contributed by atoms with Gasteiger partial charge in [-0.25, -0.2) is 0 Å². The van der Waals surface area contributed by atoms with E-state index in [1.54, 1.807) is 7.11 Å². The zero-order valence-electron chi connectivity index (χ0n) is 7.86. The highest BCUT2D eigenvalue weighted by molar-refractivity contribution is 7.09. The van der Waals surface area contributed by atoms with Crippen molar-refractivity contribution in [2.24, 2.45) is 0 Å². The van der Waals surface area contributed by atoms with Gasteiger partial charge in [0.1, 0.15) is 0 Å². The molecule has 0 fully saturated rings. The molecule has 0 unspecified atom stereocenters. The summed E-state index contributed by atoms with van der Waals surface area (Å²) in [5.74, 6) is 0.346. The van der Waals surface area contributed by atoms with E-state index >= 15 is 0 Å². The van der Waals surface area contributed by atoms with Crippen LogP contribution in [0.15, 0.2) is 0 Å². The van der Waals surface area contributed by atoms with Crippen molar-refractivity contribution in [3.63, 3.8) is 0 Å². The number of nitrogens with zero attached hydrogens (tertiary/aromatic N) is 3. The van der Waals surface area contributed by atoms with E-state index in [1.807, 2.05) is 11.9 Å². The number of ether oxygens (including phenoxy) is 1. The van der Waals surface area contributed by atoms with Gasteiger partial charge in [0.15, 0.2) is 0 Å². The van der Waals surface area contributed by atoms with Gasteiger partial charge < -0.3 is 15.4 Å². The van der Waals surface area contributed by atoms with Crippen LogP contribution in [0.2, 0.25) is 0 Å². The van der Waals surface area contributed by atoms with Crippen LogP contribution < -0.4 is 10.6 Å². The lowest BCUT2D eigenvalue weighted by Crippen LogP contribution is -2.19. The van der Waals surface area contributed by atoms with Crippen LogP contribution in [-0.4, -0.2) is 36.7 Å². The minimum atomic E-state index is 0.346. The highest BCUT2D eigenvalue weighted by atomic mass is 32.1. The highest BCUT2D eigenvalue weighted by Gasteiger charge is 2.05. The number of nitrogens with two attached hydrogens (primary N) is 1. The summed E-state index contributed by atoms with van der Waals surface area (Å²) in [5.41, 5.74) is 5.41. The van der Waals surface area contributed by atoms with Gasteiger partial charge in [0.25, 0.3) is 0 Å². The molecule has 0 bridgehead atoms. The van der Waals surface area contributed by atoms with Crippen LogP contribution >= 0.6 is 11.5 Å². The molecule has 13 heavy (non-hydrogen) atoms. The number of nitrogen functional groups attached to an aromatic ring is 1. The van der Waals surface area contributed by atoms with Gasteiger partial charge in [0.05, 0.1) is 0 Å². The summed E-state index contributed by atoms with van der Waals surface area (Å²) in [4.78, 5) is 6.08. The van der Waals surface area contributed by atoms with Gasteiger partial charge in [-0.3, -0.25) is 0 Å². The Kier molecular flexibility index (Phi) is 3.91. The fraction of sp³-hybridized carbons (Fsp3) is 0.714. The molecule has 1 aromatic heterocycles. The molecule has 0 radical (unpaired) electrons. The minimum Gasteiger partial charge on any atom is -0.385 e. The predicted octanol–water partition coefficient (Wildman–Crippen LogP) is 0.593. The summed E-state index contributed by atoms with van der Waals surface area (Å²) >= 11 is 1.31. The Morgan fingerprint density at radius 2 is 2.38 bits per heavy atom. The molecular formula is C7H14N4OS. The molecule has 5 nitrogen and oxygen atoms in total. The van der Waals surface area contributed by atoms with Crippen molar-refractivity contribution < 1.29 is 4.74 Å². The fourth-order valence-electron chi connectivity index (χ4n) is 0.923. The zero-order chi connectivity index (χ0) is 9.68. The van der Waals surface area contributed by atoms with E-state index in [2.05, 4.69) is 9.36 Å². The van der Waals surface area contributed by atoms with Crippen molar-refractivity contribution in [3.05, 3.63) is 0 Å². The third-order valence-corrected chi connectivity index (χ3v) is 2.44. The number of anilines is 2. The van der Waals surface area contributed by atoms with Crippen molar-refractivity contribution in [1.29, 1.82) is 0 Å². The monoisotopic (exact) mass is 202 g/mol. The third-order valence-electron chi connectivity index (χ3n) is 1.60. The van der Waals surface area contributed by atoms with Crippen molar-refractivity contribution in [2.45, 2.75) is 6.42 Å². The smallest absolute Gasteiger partial charge is 0.233 e. The molecule has 0 aliphatic carbocycles. The molecule has 74 valence electrons. The van der Waals surface area contributed by atoms with Gasteiger partial charge in [0.2, 0.25) is 11.1 Å². The van der Waals surface area contributed by atoms with Gasteiger partial charge >= 0.3 is 0 Å². The second-order valence-corrected chi connectivity index (χ2v) is 3.43. The fourth-order valence-corrected chi connectivity index (χ4v) is 1.50. The molecule has 2 N–H and O–H groups in total. The molecule has 0 spiro atoms. The molecule has 1 aromatic rings. The first-order chi connectivity index (χ1) is 6.24. The second-order valence-electron chi connectivity index (χ2n) is 2.70. The molecule has 1 heterocycles. The maximum absolute atomic E-state index is 5.41. The molecule has 0 aromatic carbocycles. The molecule has 6 heteroatoms. The molecule has 0 saturated carbocycles.